The number of primary amides is 1. The van der Waals surface area contributed by atoms with Crippen LogP contribution in [0.1, 0.15) is 57.2 Å². The number of hydrogen-bond acceptors (Lipinski definition) is 4. The lowest BCUT2D eigenvalue weighted by molar-refractivity contribution is -0.148. The lowest BCUT2D eigenvalue weighted by Gasteiger charge is -2.23. The Morgan fingerprint density at radius 3 is 2.12 bits per heavy atom. The maximum atomic E-state index is 12.1. The zero-order chi connectivity index (χ0) is 19.7. The van der Waals surface area contributed by atoms with Crippen LogP contribution in [0.3, 0.4) is 0 Å². The van der Waals surface area contributed by atoms with Crippen LogP contribution in [0.5, 0.6) is 0 Å². The molecule has 0 radical (unpaired) electrons. The Bertz CT molecular complexity index is 612. The minimum absolute atomic E-state index is 0.0412. The Hall–Kier alpha value is -2.57. The summed E-state index contributed by atoms with van der Waals surface area (Å²) in [7, 11) is 0. The molecule has 0 aliphatic heterocycles. The van der Waals surface area contributed by atoms with E-state index in [1.54, 1.807) is 0 Å². The Morgan fingerprint density at radius 1 is 1.04 bits per heavy atom. The van der Waals surface area contributed by atoms with Crippen LogP contribution in [0, 0.1) is 5.92 Å². The molecule has 0 saturated carbocycles. The summed E-state index contributed by atoms with van der Waals surface area (Å²) < 4.78 is 4.91. The molecule has 0 unspecified atom stereocenters. The fourth-order valence-corrected chi connectivity index (χ4v) is 2.44. The number of amides is 3. The number of benzene rings is 1. The van der Waals surface area contributed by atoms with Crippen molar-refractivity contribution in [3.63, 3.8) is 0 Å². The lowest BCUT2D eigenvalue weighted by Crippen LogP contribution is -2.35. The molecule has 0 aliphatic carbocycles. The Morgan fingerprint density at radius 2 is 1.62 bits per heavy atom. The highest BCUT2D eigenvalue weighted by molar-refractivity contribution is 5.81. The van der Waals surface area contributed by atoms with Gasteiger partial charge in [-0.25, -0.2) is 4.79 Å². The van der Waals surface area contributed by atoms with Crippen LogP contribution in [0.15, 0.2) is 24.3 Å². The van der Waals surface area contributed by atoms with E-state index in [-0.39, 0.29) is 37.4 Å². The highest BCUT2D eigenvalue weighted by Gasteiger charge is 2.19. The number of carbonyl (C=O) groups is 3. The normalized spacial score (nSPS) is 11.9. The van der Waals surface area contributed by atoms with Gasteiger partial charge in [0, 0.05) is 6.54 Å². The first-order valence-electron chi connectivity index (χ1n) is 8.78. The van der Waals surface area contributed by atoms with Gasteiger partial charge in [-0.3, -0.25) is 9.59 Å². The molecule has 0 aliphatic rings. The van der Waals surface area contributed by atoms with Gasteiger partial charge in [0.15, 0.2) is 6.61 Å². The van der Waals surface area contributed by atoms with E-state index in [1.807, 2.05) is 26.0 Å². The average Bonchev–Trinajstić information content (AvgIpc) is 2.57. The van der Waals surface area contributed by atoms with Crippen LogP contribution in [-0.2, 0) is 14.3 Å². The van der Waals surface area contributed by atoms with Gasteiger partial charge in [-0.05, 0) is 23.0 Å². The second-order valence-corrected chi connectivity index (χ2v) is 6.81. The van der Waals surface area contributed by atoms with Crippen molar-refractivity contribution in [1.29, 1.82) is 0 Å². The molecular formula is C19H29N3O4. The van der Waals surface area contributed by atoms with Crippen molar-refractivity contribution < 1.29 is 19.1 Å². The lowest BCUT2D eigenvalue weighted by atomic mass is 9.93. The van der Waals surface area contributed by atoms with Gasteiger partial charge in [0.1, 0.15) is 0 Å². The molecule has 7 heteroatoms. The number of nitrogens with one attached hydrogen (secondary N) is 2. The van der Waals surface area contributed by atoms with Crippen LogP contribution in [-0.4, -0.2) is 31.1 Å². The number of nitrogens with two attached hydrogens (primary N) is 1. The summed E-state index contributed by atoms with van der Waals surface area (Å²) >= 11 is 0. The zero-order valence-corrected chi connectivity index (χ0v) is 15.9. The van der Waals surface area contributed by atoms with Gasteiger partial charge in [-0.1, -0.05) is 52.0 Å². The van der Waals surface area contributed by atoms with Crippen molar-refractivity contribution >= 4 is 17.9 Å². The molecule has 26 heavy (non-hydrogen) atoms. The number of urea groups is 1. The summed E-state index contributed by atoms with van der Waals surface area (Å²) in [4.78, 5) is 34.2. The SMILES string of the molecule is CC(C)c1ccc([C@@H](NC(=O)COC(=O)CCNC(N)=O)C(C)C)cc1. The van der Waals surface area contributed by atoms with Crippen molar-refractivity contribution in [3.05, 3.63) is 35.4 Å². The Labute approximate surface area is 154 Å². The molecule has 3 amide bonds. The predicted molar refractivity (Wildman–Crippen MR) is 99.4 cm³/mol. The highest BCUT2D eigenvalue weighted by Crippen LogP contribution is 2.24. The van der Waals surface area contributed by atoms with E-state index in [4.69, 9.17) is 10.5 Å². The molecule has 0 aromatic heterocycles. The molecule has 0 bridgehead atoms. The molecule has 1 aromatic carbocycles. The quantitative estimate of drug-likeness (QED) is 0.584. The minimum Gasteiger partial charge on any atom is -0.456 e. The van der Waals surface area contributed by atoms with Crippen molar-refractivity contribution in [2.75, 3.05) is 13.2 Å². The van der Waals surface area contributed by atoms with Crippen LogP contribution in [0.4, 0.5) is 4.79 Å². The van der Waals surface area contributed by atoms with E-state index in [1.165, 1.54) is 5.56 Å². The van der Waals surface area contributed by atoms with Crippen LogP contribution < -0.4 is 16.4 Å². The molecule has 1 atom stereocenters. The molecule has 0 heterocycles. The fraction of sp³-hybridized carbons (Fsp3) is 0.526. The third-order valence-corrected chi connectivity index (χ3v) is 3.94. The number of ether oxygens (including phenoxy) is 1. The molecule has 0 spiro atoms. The van der Waals surface area contributed by atoms with Gasteiger partial charge >= 0.3 is 12.0 Å². The summed E-state index contributed by atoms with van der Waals surface area (Å²) in [5.41, 5.74) is 7.14. The summed E-state index contributed by atoms with van der Waals surface area (Å²) in [6.07, 6.45) is -0.0412. The van der Waals surface area contributed by atoms with Crippen LogP contribution in [0.2, 0.25) is 0 Å². The van der Waals surface area contributed by atoms with E-state index in [9.17, 15) is 14.4 Å². The smallest absolute Gasteiger partial charge is 0.312 e. The molecule has 0 fully saturated rings. The third kappa shape index (κ3) is 7.55. The first-order valence-corrected chi connectivity index (χ1v) is 8.78. The Kier molecular flexibility index (Phi) is 8.61. The van der Waals surface area contributed by atoms with Crippen molar-refractivity contribution in [2.24, 2.45) is 11.7 Å². The van der Waals surface area contributed by atoms with Gasteiger partial charge < -0.3 is 21.1 Å². The number of esters is 1. The van der Waals surface area contributed by atoms with Gasteiger partial charge in [0.05, 0.1) is 12.5 Å². The van der Waals surface area contributed by atoms with E-state index in [0.717, 1.165) is 5.56 Å². The largest absolute Gasteiger partial charge is 0.456 e. The topological polar surface area (TPSA) is 111 Å². The molecule has 144 valence electrons. The summed E-state index contributed by atoms with van der Waals surface area (Å²) in [6, 6.07) is 7.28. The fourth-order valence-electron chi connectivity index (χ4n) is 2.44. The van der Waals surface area contributed by atoms with Crippen molar-refractivity contribution in [2.45, 2.75) is 46.1 Å². The van der Waals surface area contributed by atoms with Gasteiger partial charge in [-0.2, -0.15) is 0 Å². The molecule has 0 saturated heterocycles. The predicted octanol–water partition coefficient (Wildman–Crippen LogP) is 2.22. The molecular weight excluding hydrogens is 334 g/mol. The average molecular weight is 363 g/mol. The maximum Gasteiger partial charge on any atom is 0.312 e. The van der Waals surface area contributed by atoms with Gasteiger partial charge in [-0.15, -0.1) is 0 Å². The summed E-state index contributed by atoms with van der Waals surface area (Å²) in [6.45, 7) is 8.01. The molecule has 4 N–H and O–H groups in total. The van der Waals surface area contributed by atoms with Gasteiger partial charge in [0.2, 0.25) is 0 Å². The third-order valence-electron chi connectivity index (χ3n) is 3.94. The van der Waals surface area contributed by atoms with Crippen molar-refractivity contribution in [3.8, 4) is 0 Å². The van der Waals surface area contributed by atoms with E-state index in [0.29, 0.717) is 5.92 Å². The number of carbonyl (C=O) groups excluding carboxylic acids is 3. The second kappa shape index (κ2) is 10.4. The minimum atomic E-state index is -0.709. The molecule has 1 rings (SSSR count). The zero-order valence-electron chi connectivity index (χ0n) is 15.9. The van der Waals surface area contributed by atoms with E-state index >= 15 is 0 Å². The molecule has 7 nitrogen and oxygen atoms in total. The first-order chi connectivity index (χ1) is 12.2. The van der Waals surface area contributed by atoms with Crippen molar-refractivity contribution in [1.82, 2.24) is 10.6 Å². The molecule has 1 aromatic rings. The summed E-state index contributed by atoms with van der Waals surface area (Å²) in [5.74, 6) is -0.317. The van der Waals surface area contributed by atoms with E-state index < -0.39 is 12.0 Å². The second-order valence-electron chi connectivity index (χ2n) is 6.81. The first kappa shape index (κ1) is 21.5. The Balaban J connectivity index is 2.55. The van der Waals surface area contributed by atoms with Crippen LogP contribution >= 0.6 is 0 Å². The monoisotopic (exact) mass is 363 g/mol. The van der Waals surface area contributed by atoms with Gasteiger partial charge in [0.25, 0.3) is 5.91 Å². The van der Waals surface area contributed by atoms with E-state index in [2.05, 4.69) is 36.6 Å². The van der Waals surface area contributed by atoms with Crippen LogP contribution in [0.25, 0.3) is 0 Å². The number of hydrogen-bond donors (Lipinski definition) is 3. The maximum absolute atomic E-state index is 12.1. The highest BCUT2D eigenvalue weighted by atomic mass is 16.5. The number of rotatable bonds is 9. The standard InChI is InChI=1S/C19H29N3O4/c1-12(2)14-5-7-15(8-6-14)18(13(3)4)22-16(23)11-26-17(24)9-10-21-19(20)25/h5-8,12-13,18H,9-11H2,1-4H3,(H,22,23)(H3,20,21,25)/t18-/m0/s1. The summed E-state index contributed by atoms with van der Waals surface area (Å²) in [5, 5.41) is 5.19.